The predicted octanol–water partition coefficient (Wildman–Crippen LogP) is 1.56. The fourth-order valence-electron chi connectivity index (χ4n) is 2.59. The van der Waals surface area contributed by atoms with E-state index in [-0.39, 0.29) is 17.8 Å². The summed E-state index contributed by atoms with van der Waals surface area (Å²) in [5, 5.41) is 0. The summed E-state index contributed by atoms with van der Waals surface area (Å²) in [5.74, 6) is 0.265. The highest BCUT2D eigenvalue weighted by Crippen LogP contribution is 2.20. The Balaban J connectivity index is 2.08. The van der Waals surface area contributed by atoms with Crippen LogP contribution in [0.15, 0.2) is 18.3 Å². The van der Waals surface area contributed by atoms with Crippen molar-refractivity contribution in [3.8, 4) is 0 Å². The Labute approximate surface area is 131 Å². The Bertz CT molecular complexity index is 545. The van der Waals surface area contributed by atoms with Crippen molar-refractivity contribution in [2.75, 3.05) is 38.7 Å². The maximum atomic E-state index is 12.6. The molecule has 0 N–H and O–H groups in total. The summed E-state index contributed by atoms with van der Waals surface area (Å²) in [4.78, 5) is 32.3. The van der Waals surface area contributed by atoms with Crippen LogP contribution in [0.1, 0.15) is 30.1 Å². The molecular weight excluding hydrogens is 282 g/mol. The average Bonchev–Trinajstić information content (AvgIpc) is 2.54. The fourth-order valence-corrected chi connectivity index (χ4v) is 2.59. The quantitative estimate of drug-likeness (QED) is 0.790. The summed E-state index contributed by atoms with van der Waals surface area (Å²) in [6.07, 6.45) is 3.23. The van der Waals surface area contributed by atoms with Gasteiger partial charge in [-0.15, -0.1) is 0 Å². The molecule has 1 aliphatic heterocycles. The lowest BCUT2D eigenvalue weighted by atomic mass is 9.97. The van der Waals surface area contributed by atoms with Crippen LogP contribution in [0.5, 0.6) is 0 Å². The summed E-state index contributed by atoms with van der Waals surface area (Å²) >= 11 is 0. The molecule has 0 aromatic carbocycles. The number of amides is 1. The monoisotopic (exact) mass is 305 g/mol. The van der Waals surface area contributed by atoms with E-state index in [0.717, 1.165) is 18.7 Å². The van der Waals surface area contributed by atoms with Crippen LogP contribution in [0.2, 0.25) is 0 Å². The summed E-state index contributed by atoms with van der Waals surface area (Å²) in [6.45, 7) is 3.27. The van der Waals surface area contributed by atoms with Gasteiger partial charge in [0, 0.05) is 38.9 Å². The Kier molecular flexibility index (Phi) is 5.35. The van der Waals surface area contributed by atoms with Gasteiger partial charge in [-0.05, 0) is 31.9 Å². The molecule has 0 aliphatic carbocycles. The minimum Gasteiger partial charge on any atom is -0.466 e. The van der Waals surface area contributed by atoms with E-state index in [1.165, 1.54) is 0 Å². The zero-order chi connectivity index (χ0) is 16.1. The van der Waals surface area contributed by atoms with Gasteiger partial charge in [0.15, 0.2) is 0 Å². The van der Waals surface area contributed by atoms with Gasteiger partial charge in [-0.1, -0.05) is 0 Å². The van der Waals surface area contributed by atoms with E-state index >= 15 is 0 Å². The highest BCUT2D eigenvalue weighted by molar-refractivity contribution is 5.95. The molecule has 1 aromatic heterocycles. The first-order valence-corrected chi connectivity index (χ1v) is 7.62. The molecule has 0 bridgehead atoms. The summed E-state index contributed by atoms with van der Waals surface area (Å²) < 4.78 is 5.07. The predicted molar refractivity (Wildman–Crippen MR) is 83.8 cm³/mol. The number of pyridine rings is 1. The molecule has 1 amide bonds. The Morgan fingerprint density at radius 2 is 2.23 bits per heavy atom. The van der Waals surface area contributed by atoms with Gasteiger partial charge in [0.1, 0.15) is 5.82 Å². The van der Waals surface area contributed by atoms with Crippen molar-refractivity contribution in [3.05, 3.63) is 23.9 Å². The van der Waals surface area contributed by atoms with Crippen molar-refractivity contribution in [2.45, 2.75) is 19.8 Å². The molecule has 1 saturated heterocycles. The second-order valence-corrected chi connectivity index (χ2v) is 5.64. The number of carbonyl (C=O) groups excluding carboxylic acids is 2. The van der Waals surface area contributed by atoms with Gasteiger partial charge >= 0.3 is 5.97 Å². The number of hydrogen-bond acceptors (Lipinski definition) is 5. The molecule has 1 aromatic rings. The van der Waals surface area contributed by atoms with Crippen LogP contribution < -0.4 is 4.90 Å². The third kappa shape index (κ3) is 3.75. The SMILES string of the molecule is CCOC(=O)C1CCCN(C(=O)c2ccnc(N(C)C)c2)C1. The molecule has 1 aliphatic rings. The van der Waals surface area contributed by atoms with E-state index < -0.39 is 0 Å². The molecule has 2 heterocycles. The minimum atomic E-state index is -0.215. The van der Waals surface area contributed by atoms with Crippen LogP contribution >= 0.6 is 0 Å². The number of rotatable bonds is 4. The number of carbonyl (C=O) groups is 2. The number of likely N-dealkylation sites (tertiary alicyclic amines) is 1. The zero-order valence-electron chi connectivity index (χ0n) is 13.4. The molecule has 0 radical (unpaired) electrons. The molecular formula is C16H23N3O3. The second-order valence-electron chi connectivity index (χ2n) is 5.64. The molecule has 1 fully saturated rings. The van der Waals surface area contributed by atoms with Gasteiger partial charge in [-0.3, -0.25) is 9.59 Å². The van der Waals surface area contributed by atoms with Gasteiger partial charge in [-0.2, -0.15) is 0 Å². The van der Waals surface area contributed by atoms with E-state index in [2.05, 4.69) is 4.98 Å². The van der Waals surface area contributed by atoms with Crippen LogP contribution in [0.25, 0.3) is 0 Å². The third-order valence-corrected chi connectivity index (χ3v) is 3.78. The molecule has 6 nitrogen and oxygen atoms in total. The first-order chi connectivity index (χ1) is 10.5. The summed E-state index contributed by atoms with van der Waals surface area (Å²) in [7, 11) is 3.77. The average molecular weight is 305 g/mol. The molecule has 0 saturated carbocycles. The molecule has 22 heavy (non-hydrogen) atoms. The number of nitrogens with zero attached hydrogens (tertiary/aromatic N) is 3. The van der Waals surface area contributed by atoms with E-state index in [1.54, 1.807) is 30.2 Å². The normalized spacial score (nSPS) is 18.0. The molecule has 2 rings (SSSR count). The maximum Gasteiger partial charge on any atom is 0.310 e. The first-order valence-electron chi connectivity index (χ1n) is 7.62. The minimum absolute atomic E-state index is 0.0560. The first kappa shape index (κ1) is 16.3. The third-order valence-electron chi connectivity index (χ3n) is 3.78. The van der Waals surface area contributed by atoms with Gasteiger partial charge in [-0.25, -0.2) is 4.98 Å². The number of esters is 1. The van der Waals surface area contributed by atoms with Crippen LogP contribution in [-0.4, -0.2) is 55.6 Å². The van der Waals surface area contributed by atoms with E-state index in [0.29, 0.717) is 25.3 Å². The number of hydrogen-bond donors (Lipinski definition) is 0. The summed E-state index contributed by atoms with van der Waals surface area (Å²) in [6, 6.07) is 3.49. The highest BCUT2D eigenvalue weighted by Gasteiger charge is 2.29. The fraction of sp³-hybridized carbons (Fsp3) is 0.562. The Hall–Kier alpha value is -2.11. The van der Waals surface area contributed by atoms with E-state index in [9.17, 15) is 9.59 Å². The highest BCUT2D eigenvalue weighted by atomic mass is 16.5. The molecule has 6 heteroatoms. The maximum absolute atomic E-state index is 12.6. The largest absolute Gasteiger partial charge is 0.466 e. The van der Waals surface area contributed by atoms with Crippen LogP contribution in [0.4, 0.5) is 5.82 Å². The molecule has 1 unspecified atom stereocenters. The van der Waals surface area contributed by atoms with Gasteiger partial charge in [0.25, 0.3) is 5.91 Å². The van der Waals surface area contributed by atoms with Crippen molar-refractivity contribution in [2.24, 2.45) is 5.92 Å². The Morgan fingerprint density at radius 3 is 2.91 bits per heavy atom. The van der Waals surface area contributed by atoms with Crippen molar-refractivity contribution >= 4 is 17.7 Å². The lowest BCUT2D eigenvalue weighted by Gasteiger charge is -2.31. The van der Waals surface area contributed by atoms with E-state index in [4.69, 9.17) is 4.74 Å². The van der Waals surface area contributed by atoms with Crippen LogP contribution in [0.3, 0.4) is 0 Å². The Morgan fingerprint density at radius 1 is 1.45 bits per heavy atom. The zero-order valence-corrected chi connectivity index (χ0v) is 13.4. The standard InChI is InChI=1S/C16H23N3O3/c1-4-22-16(21)13-6-5-9-19(11-13)15(20)12-7-8-17-14(10-12)18(2)3/h7-8,10,13H,4-6,9,11H2,1-3H3. The van der Waals surface area contributed by atoms with E-state index in [1.807, 2.05) is 19.0 Å². The molecule has 120 valence electrons. The van der Waals surface area contributed by atoms with Crippen molar-refractivity contribution in [1.82, 2.24) is 9.88 Å². The van der Waals surface area contributed by atoms with Gasteiger partial charge in [0.05, 0.1) is 12.5 Å². The van der Waals surface area contributed by atoms with Crippen molar-refractivity contribution in [3.63, 3.8) is 0 Å². The topological polar surface area (TPSA) is 62.7 Å². The van der Waals surface area contributed by atoms with Crippen molar-refractivity contribution in [1.29, 1.82) is 0 Å². The second kappa shape index (κ2) is 7.24. The number of anilines is 1. The van der Waals surface area contributed by atoms with Gasteiger partial charge < -0.3 is 14.5 Å². The number of piperidine rings is 1. The van der Waals surface area contributed by atoms with Crippen LogP contribution in [0, 0.1) is 5.92 Å². The number of ether oxygens (including phenoxy) is 1. The lowest BCUT2D eigenvalue weighted by molar-refractivity contribution is -0.149. The van der Waals surface area contributed by atoms with Crippen molar-refractivity contribution < 1.29 is 14.3 Å². The number of aromatic nitrogens is 1. The molecule has 0 spiro atoms. The van der Waals surface area contributed by atoms with Crippen LogP contribution in [-0.2, 0) is 9.53 Å². The lowest BCUT2D eigenvalue weighted by Crippen LogP contribution is -2.42. The summed E-state index contributed by atoms with van der Waals surface area (Å²) in [5.41, 5.74) is 0.600. The van der Waals surface area contributed by atoms with Gasteiger partial charge in [0.2, 0.25) is 0 Å². The molecule has 1 atom stereocenters. The smallest absolute Gasteiger partial charge is 0.310 e.